The summed E-state index contributed by atoms with van der Waals surface area (Å²) in [6, 6.07) is 0.225. The van der Waals surface area contributed by atoms with E-state index in [1.165, 1.54) is 0 Å². The van der Waals surface area contributed by atoms with Crippen molar-refractivity contribution in [2.75, 3.05) is 27.2 Å². The molecule has 26 heavy (non-hydrogen) atoms. The first-order chi connectivity index (χ1) is 12.0. The van der Waals surface area contributed by atoms with Crippen molar-refractivity contribution in [2.24, 2.45) is 4.99 Å². The van der Waals surface area contributed by atoms with Gasteiger partial charge >= 0.3 is 0 Å². The van der Waals surface area contributed by atoms with Crippen LogP contribution in [0.5, 0.6) is 5.75 Å². The van der Waals surface area contributed by atoms with Gasteiger partial charge in [-0.25, -0.2) is 0 Å². The van der Waals surface area contributed by atoms with Gasteiger partial charge < -0.3 is 20.3 Å². The van der Waals surface area contributed by atoms with Crippen LogP contribution < -0.4 is 15.4 Å². The predicted octanol–water partition coefficient (Wildman–Crippen LogP) is 2.00. The van der Waals surface area contributed by atoms with Gasteiger partial charge in [-0.05, 0) is 20.3 Å². The first-order valence-corrected chi connectivity index (χ1v) is 8.74. The van der Waals surface area contributed by atoms with Gasteiger partial charge in [-0.3, -0.25) is 14.8 Å². The van der Waals surface area contributed by atoms with Crippen LogP contribution in [0.4, 0.5) is 0 Å². The fourth-order valence-corrected chi connectivity index (χ4v) is 3.13. The number of aryl methyl sites for hydroxylation is 1. The molecule has 8 heteroatoms. The summed E-state index contributed by atoms with van der Waals surface area (Å²) in [5, 5.41) is 6.69. The molecule has 0 saturated carbocycles. The number of carbonyl (C=O) groups excluding carboxylic acids is 1. The molecule has 1 fully saturated rings. The molecule has 1 aliphatic heterocycles. The van der Waals surface area contributed by atoms with Crippen molar-refractivity contribution in [1.29, 1.82) is 0 Å². The average Bonchev–Trinajstić information content (AvgIpc) is 3.08. The third kappa shape index (κ3) is 5.46. The molecule has 0 bridgehead atoms. The number of guanidine groups is 1. The van der Waals surface area contributed by atoms with Gasteiger partial charge in [-0.2, -0.15) is 0 Å². The molecular weight excluding hydrogens is 445 g/mol. The highest BCUT2D eigenvalue weighted by Crippen LogP contribution is 2.23. The molecule has 1 unspecified atom stereocenters. The van der Waals surface area contributed by atoms with E-state index in [0.717, 1.165) is 48.0 Å². The number of aliphatic imine (C=N–C) groups is 1. The number of pyridine rings is 1. The van der Waals surface area contributed by atoms with Gasteiger partial charge in [-0.1, -0.05) is 6.92 Å². The Morgan fingerprint density at radius 2 is 2.19 bits per heavy atom. The molecule has 2 heterocycles. The highest BCUT2D eigenvalue weighted by Gasteiger charge is 2.25. The topological polar surface area (TPSA) is 78.9 Å². The number of ether oxygens (including phenoxy) is 1. The second-order valence-corrected chi connectivity index (χ2v) is 6.30. The molecule has 2 rings (SSSR count). The Bertz CT molecular complexity index is 651. The highest BCUT2D eigenvalue weighted by molar-refractivity contribution is 14.0. The average molecular weight is 475 g/mol. The van der Waals surface area contributed by atoms with E-state index in [-0.39, 0.29) is 35.9 Å². The maximum absolute atomic E-state index is 11.8. The Balaban J connectivity index is 0.00000338. The Labute approximate surface area is 173 Å². The second kappa shape index (κ2) is 10.5. The molecule has 0 spiro atoms. The van der Waals surface area contributed by atoms with Gasteiger partial charge in [0.15, 0.2) is 5.96 Å². The number of hydrogen-bond acceptors (Lipinski definition) is 4. The number of nitrogens with zero attached hydrogens (tertiary/aromatic N) is 3. The maximum Gasteiger partial charge on any atom is 0.222 e. The molecule has 1 aromatic rings. The zero-order chi connectivity index (χ0) is 18.4. The first-order valence-electron chi connectivity index (χ1n) is 8.74. The van der Waals surface area contributed by atoms with Crippen LogP contribution in [0.1, 0.15) is 36.6 Å². The second-order valence-electron chi connectivity index (χ2n) is 6.30. The largest absolute Gasteiger partial charge is 0.496 e. The number of rotatable bonds is 5. The molecule has 1 saturated heterocycles. The lowest BCUT2D eigenvalue weighted by molar-refractivity contribution is -0.129. The fourth-order valence-electron chi connectivity index (χ4n) is 3.13. The summed E-state index contributed by atoms with van der Waals surface area (Å²) >= 11 is 0. The summed E-state index contributed by atoms with van der Waals surface area (Å²) in [6.45, 7) is 7.98. The minimum atomic E-state index is 0. The zero-order valence-electron chi connectivity index (χ0n) is 16.3. The lowest BCUT2D eigenvalue weighted by Gasteiger charge is -2.19. The third-order valence-corrected chi connectivity index (χ3v) is 4.58. The number of methoxy groups -OCH3 is 1. The van der Waals surface area contributed by atoms with Crippen LogP contribution in [0.25, 0.3) is 0 Å². The lowest BCUT2D eigenvalue weighted by atomic mass is 10.1. The Morgan fingerprint density at radius 3 is 2.81 bits per heavy atom. The number of amides is 1. The Hall–Kier alpha value is -1.58. The van der Waals surface area contributed by atoms with E-state index in [0.29, 0.717) is 13.0 Å². The molecule has 2 N–H and O–H groups in total. The summed E-state index contributed by atoms with van der Waals surface area (Å²) in [4.78, 5) is 22.5. The van der Waals surface area contributed by atoms with Crippen LogP contribution in [-0.4, -0.2) is 55.0 Å². The van der Waals surface area contributed by atoms with Crippen LogP contribution >= 0.6 is 24.0 Å². The summed E-state index contributed by atoms with van der Waals surface area (Å²) in [5.41, 5.74) is 2.99. The Morgan fingerprint density at radius 1 is 1.46 bits per heavy atom. The highest BCUT2D eigenvalue weighted by atomic mass is 127. The maximum atomic E-state index is 11.8. The fraction of sp³-hybridized carbons (Fsp3) is 0.611. The van der Waals surface area contributed by atoms with E-state index in [9.17, 15) is 4.79 Å². The summed E-state index contributed by atoms with van der Waals surface area (Å²) in [7, 11) is 3.42. The summed E-state index contributed by atoms with van der Waals surface area (Å²) < 4.78 is 5.45. The molecule has 1 atom stereocenters. The van der Waals surface area contributed by atoms with Crippen molar-refractivity contribution in [1.82, 2.24) is 20.5 Å². The molecule has 7 nitrogen and oxygen atoms in total. The van der Waals surface area contributed by atoms with Gasteiger partial charge in [-0.15, -0.1) is 24.0 Å². The quantitative estimate of drug-likeness (QED) is 0.387. The van der Waals surface area contributed by atoms with Crippen LogP contribution in [0, 0.1) is 13.8 Å². The number of likely N-dealkylation sites (tertiary alicyclic amines) is 1. The molecule has 0 aromatic carbocycles. The van der Waals surface area contributed by atoms with Gasteiger partial charge in [0.2, 0.25) is 5.91 Å². The lowest BCUT2D eigenvalue weighted by Crippen LogP contribution is -2.44. The normalized spacial score (nSPS) is 16.9. The molecule has 146 valence electrons. The summed E-state index contributed by atoms with van der Waals surface area (Å²) in [6.07, 6.45) is 3.31. The number of hydrogen-bond donors (Lipinski definition) is 2. The van der Waals surface area contributed by atoms with Crippen LogP contribution in [0.15, 0.2) is 11.2 Å². The van der Waals surface area contributed by atoms with Crippen LogP contribution in [0.3, 0.4) is 0 Å². The van der Waals surface area contributed by atoms with Crippen molar-refractivity contribution in [2.45, 2.75) is 46.2 Å². The summed E-state index contributed by atoms with van der Waals surface area (Å²) in [5.74, 6) is 1.80. The van der Waals surface area contributed by atoms with Crippen molar-refractivity contribution >= 4 is 35.8 Å². The van der Waals surface area contributed by atoms with Crippen molar-refractivity contribution in [3.63, 3.8) is 0 Å². The minimum absolute atomic E-state index is 0. The van der Waals surface area contributed by atoms with Gasteiger partial charge in [0.1, 0.15) is 5.75 Å². The smallest absolute Gasteiger partial charge is 0.222 e. The van der Waals surface area contributed by atoms with Crippen molar-refractivity contribution in [3.05, 3.63) is 23.0 Å². The zero-order valence-corrected chi connectivity index (χ0v) is 18.6. The van der Waals surface area contributed by atoms with E-state index in [2.05, 4.69) is 20.6 Å². The predicted molar refractivity (Wildman–Crippen MR) is 114 cm³/mol. The third-order valence-electron chi connectivity index (χ3n) is 4.58. The SMILES string of the molecule is CCC(=O)N1CCC(NC(=NC)NCc2ncc(C)c(OC)c2C)C1.I. The van der Waals surface area contributed by atoms with Crippen LogP contribution in [0.2, 0.25) is 0 Å². The van der Waals surface area contributed by atoms with E-state index < -0.39 is 0 Å². The molecule has 1 aliphatic rings. The molecule has 1 amide bonds. The van der Waals surface area contributed by atoms with Crippen molar-refractivity contribution < 1.29 is 9.53 Å². The number of carbonyl (C=O) groups is 1. The van der Waals surface area contributed by atoms with E-state index in [1.807, 2.05) is 31.9 Å². The molecular formula is C18H30IN5O2. The van der Waals surface area contributed by atoms with Crippen molar-refractivity contribution in [3.8, 4) is 5.75 Å². The standard InChI is InChI=1S/C18H29N5O2.HI/c1-6-16(24)23-8-7-14(11-23)22-18(19-4)21-10-15-13(3)17(25-5)12(2)9-20-15;/h9,14H,6-8,10-11H2,1-5H3,(H2,19,21,22);1H. The van der Waals surface area contributed by atoms with Gasteiger partial charge in [0.05, 0.1) is 19.3 Å². The number of halogens is 1. The van der Waals surface area contributed by atoms with E-state index >= 15 is 0 Å². The first kappa shape index (κ1) is 22.5. The molecule has 0 radical (unpaired) electrons. The number of nitrogens with one attached hydrogen (secondary N) is 2. The molecule has 1 aromatic heterocycles. The monoisotopic (exact) mass is 475 g/mol. The van der Waals surface area contributed by atoms with Gasteiger partial charge in [0.25, 0.3) is 0 Å². The number of aromatic nitrogens is 1. The van der Waals surface area contributed by atoms with E-state index in [4.69, 9.17) is 4.74 Å². The minimum Gasteiger partial charge on any atom is -0.496 e. The molecule has 0 aliphatic carbocycles. The van der Waals surface area contributed by atoms with E-state index in [1.54, 1.807) is 14.2 Å². The Kier molecular flexibility index (Phi) is 9.11. The van der Waals surface area contributed by atoms with Crippen LogP contribution in [-0.2, 0) is 11.3 Å². The van der Waals surface area contributed by atoms with Gasteiger partial charge in [0, 0.05) is 49.9 Å².